The summed E-state index contributed by atoms with van der Waals surface area (Å²) >= 11 is 0. The van der Waals surface area contributed by atoms with Gasteiger partial charge in [0.2, 0.25) is 0 Å². The third-order valence-electron chi connectivity index (χ3n) is 5.80. The fourth-order valence-corrected chi connectivity index (χ4v) is 4.04. The van der Waals surface area contributed by atoms with Crippen molar-refractivity contribution in [2.24, 2.45) is 0 Å². The van der Waals surface area contributed by atoms with Gasteiger partial charge in [-0.15, -0.1) is 0 Å². The lowest BCUT2D eigenvalue weighted by Crippen LogP contribution is -2.51. The van der Waals surface area contributed by atoms with E-state index in [1.54, 1.807) is 12.1 Å². The standard InChI is InChI=1S/C25H29N3O3/c1-18(20-9-11-21(12-10-20)25(29)30-3)26-24-23-22(13-14-27(24)2)31-16-15-28(23)17-19-7-5-4-6-8-19/h4-14,18,24,26H,15-17H2,1-3H3/t18-,24?/m0/s1. The first-order valence-electron chi connectivity index (χ1n) is 10.6. The zero-order valence-corrected chi connectivity index (χ0v) is 18.2. The molecule has 0 spiro atoms. The Kier molecular flexibility index (Phi) is 6.28. The highest BCUT2D eigenvalue weighted by Gasteiger charge is 2.33. The number of carbonyl (C=O) groups excluding carboxylic acids is 1. The number of rotatable bonds is 6. The average Bonchev–Trinajstić information content (AvgIpc) is 2.81. The summed E-state index contributed by atoms with van der Waals surface area (Å²) in [5, 5.41) is 3.74. The Bertz CT molecular complexity index is 969. The second kappa shape index (κ2) is 9.27. The van der Waals surface area contributed by atoms with Gasteiger partial charge in [-0.2, -0.15) is 0 Å². The molecule has 2 heterocycles. The van der Waals surface area contributed by atoms with Crippen LogP contribution < -0.4 is 5.32 Å². The fourth-order valence-electron chi connectivity index (χ4n) is 4.04. The van der Waals surface area contributed by atoms with Gasteiger partial charge in [0, 0.05) is 25.8 Å². The Morgan fingerprint density at radius 2 is 1.94 bits per heavy atom. The molecule has 6 nitrogen and oxygen atoms in total. The van der Waals surface area contributed by atoms with Crippen molar-refractivity contribution in [3.8, 4) is 0 Å². The number of hydrogen-bond acceptors (Lipinski definition) is 6. The molecule has 2 atom stereocenters. The van der Waals surface area contributed by atoms with Gasteiger partial charge in [0.15, 0.2) is 0 Å². The van der Waals surface area contributed by atoms with Gasteiger partial charge >= 0.3 is 5.97 Å². The molecule has 6 heteroatoms. The highest BCUT2D eigenvalue weighted by Crippen LogP contribution is 2.30. The molecule has 162 valence electrons. The number of methoxy groups -OCH3 is 1. The van der Waals surface area contributed by atoms with Gasteiger partial charge in [-0.3, -0.25) is 5.32 Å². The summed E-state index contributed by atoms with van der Waals surface area (Å²) in [6.07, 6.45) is 4.06. The third kappa shape index (κ3) is 4.59. The van der Waals surface area contributed by atoms with Gasteiger partial charge in [-0.05, 0) is 36.3 Å². The van der Waals surface area contributed by atoms with Gasteiger partial charge in [-0.25, -0.2) is 4.79 Å². The van der Waals surface area contributed by atoms with Gasteiger partial charge in [0.25, 0.3) is 0 Å². The minimum Gasteiger partial charge on any atom is -0.490 e. The van der Waals surface area contributed by atoms with Crippen molar-refractivity contribution in [3.63, 3.8) is 0 Å². The number of nitrogens with one attached hydrogen (secondary N) is 1. The Balaban J connectivity index is 1.55. The summed E-state index contributed by atoms with van der Waals surface area (Å²) in [6.45, 7) is 4.49. The van der Waals surface area contributed by atoms with Crippen LogP contribution >= 0.6 is 0 Å². The van der Waals surface area contributed by atoms with Crippen molar-refractivity contribution in [2.45, 2.75) is 25.7 Å². The van der Waals surface area contributed by atoms with Crippen LogP contribution in [0.2, 0.25) is 0 Å². The van der Waals surface area contributed by atoms with E-state index >= 15 is 0 Å². The summed E-state index contributed by atoms with van der Waals surface area (Å²) in [6, 6.07) is 18.1. The van der Waals surface area contributed by atoms with Crippen LogP contribution in [0.3, 0.4) is 0 Å². The fraction of sp³-hybridized carbons (Fsp3) is 0.320. The molecule has 0 aromatic heterocycles. The number of carbonyl (C=O) groups is 1. The third-order valence-corrected chi connectivity index (χ3v) is 5.80. The molecule has 2 aromatic rings. The summed E-state index contributed by atoms with van der Waals surface area (Å²) < 4.78 is 10.8. The zero-order chi connectivity index (χ0) is 21.8. The predicted molar refractivity (Wildman–Crippen MR) is 120 cm³/mol. The van der Waals surface area contributed by atoms with Crippen molar-refractivity contribution in [1.29, 1.82) is 0 Å². The van der Waals surface area contributed by atoms with Crippen molar-refractivity contribution < 1.29 is 14.3 Å². The summed E-state index contributed by atoms with van der Waals surface area (Å²) in [5.74, 6) is 0.598. The minimum atomic E-state index is -0.324. The molecule has 1 unspecified atom stereocenters. The normalized spacial score (nSPS) is 19.0. The number of benzene rings is 2. The summed E-state index contributed by atoms with van der Waals surface area (Å²) in [7, 11) is 3.46. The molecule has 0 amide bonds. The van der Waals surface area contributed by atoms with E-state index in [0.717, 1.165) is 30.1 Å². The number of nitrogens with zero attached hydrogens (tertiary/aromatic N) is 2. The predicted octanol–water partition coefficient (Wildman–Crippen LogP) is 3.65. The number of hydrogen-bond donors (Lipinski definition) is 1. The molecule has 0 bridgehead atoms. The van der Waals surface area contributed by atoms with Crippen LogP contribution in [-0.2, 0) is 16.0 Å². The van der Waals surface area contributed by atoms with Crippen LogP contribution in [-0.4, -0.2) is 49.2 Å². The second-order valence-electron chi connectivity index (χ2n) is 7.89. The Morgan fingerprint density at radius 3 is 2.65 bits per heavy atom. The maximum absolute atomic E-state index is 11.7. The zero-order valence-electron chi connectivity index (χ0n) is 18.2. The Labute approximate surface area is 183 Å². The van der Waals surface area contributed by atoms with Crippen LogP contribution in [0.15, 0.2) is 78.3 Å². The van der Waals surface area contributed by atoms with E-state index in [9.17, 15) is 4.79 Å². The highest BCUT2D eigenvalue weighted by molar-refractivity contribution is 5.89. The van der Waals surface area contributed by atoms with Crippen molar-refractivity contribution in [1.82, 2.24) is 15.1 Å². The first-order valence-corrected chi connectivity index (χ1v) is 10.6. The Hall–Kier alpha value is -3.25. The van der Waals surface area contributed by atoms with Gasteiger partial charge in [0.1, 0.15) is 18.5 Å². The monoisotopic (exact) mass is 419 g/mol. The summed E-state index contributed by atoms with van der Waals surface area (Å²) in [5.41, 5.74) is 4.08. The van der Waals surface area contributed by atoms with Crippen molar-refractivity contribution >= 4 is 5.97 Å². The first-order chi connectivity index (χ1) is 15.1. The molecule has 4 rings (SSSR count). The SMILES string of the molecule is COC(=O)c1ccc([C@H](C)NC2C3=C(C=CN2C)OCCN3Cc2ccccc2)cc1. The van der Waals surface area contributed by atoms with E-state index in [1.165, 1.54) is 12.7 Å². The van der Waals surface area contributed by atoms with Gasteiger partial charge in [0.05, 0.1) is 24.9 Å². The number of esters is 1. The molecule has 0 aliphatic carbocycles. The molecule has 1 N–H and O–H groups in total. The molecule has 2 aliphatic heterocycles. The molecular weight excluding hydrogens is 390 g/mol. The lowest BCUT2D eigenvalue weighted by atomic mass is 10.0. The first kappa shape index (κ1) is 21.0. The van der Waals surface area contributed by atoms with Gasteiger partial charge in [-0.1, -0.05) is 42.5 Å². The number of likely N-dealkylation sites (N-methyl/N-ethyl adjacent to an activating group) is 1. The van der Waals surface area contributed by atoms with E-state index in [4.69, 9.17) is 9.47 Å². The van der Waals surface area contributed by atoms with E-state index in [0.29, 0.717) is 12.2 Å². The maximum atomic E-state index is 11.7. The number of ether oxygens (including phenoxy) is 2. The molecule has 0 saturated carbocycles. The van der Waals surface area contributed by atoms with E-state index in [1.807, 2.05) is 24.3 Å². The molecule has 2 aromatic carbocycles. The molecule has 0 saturated heterocycles. The minimum absolute atomic E-state index is 0.0284. The second-order valence-corrected chi connectivity index (χ2v) is 7.89. The molecule has 0 fully saturated rings. The van der Waals surface area contributed by atoms with Gasteiger partial charge < -0.3 is 19.3 Å². The summed E-state index contributed by atoms with van der Waals surface area (Å²) in [4.78, 5) is 16.3. The van der Waals surface area contributed by atoms with E-state index in [2.05, 4.69) is 59.6 Å². The number of allylic oxidation sites excluding steroid dienone is 1. The van der Waals surface area contributed by atoms with E-state index in [-0.39, 0.29) is 18.2 Å². The van der Waals surface area contributed by atoms with Crippen LogP contribution in [0.25, 0.3) is 0 Å². The van der Waals surface area contributed by atoms with Crippen LogP contribution in [0.1, 0.15) is 34.5 Å². The molecule has 2 aliphatic rings. The lowest BCUT2D eigenvalue weighted by molar-refractivity contribution is 0.0600. The largest absolute Gasteiger partial charge is 0.490 e. The lowest BCUT2D eigenvalue weighted by Gasteiger charge is -2.43. The van der Waals surface area contributed by atoms with Crippen LogP contribution in [0.5, 0.6) is 0 Å². The average molecular weight is 420 g/mol. The van der Waals surface area contributed by atoms with Crippen LogP contribution in [0.4, 0.5) is 0 Å². The van der Waals surface area contributed by atoms with E-state index < -0.39 is 0 Å². The highest BCUT2D eigenvalue weighted by atomic mass is 16.5. The smallest absolute Gasteiger partial charge is 0.337 e. The Morgan fingerprint density at radius 1 is 1.19 bits per heavy atom. The quantitative estimate of drug-likeness (QED) is 0.722. The maximum Gasteiger partial charge on any atom is 0.337 e. The molecule has 31 heavy (non-hydrogen) atoms. The van der Waals surface area contributed by atoms with Crippen LogP contribution in [0, 0.1) is 0 Å². The molecular formula is C25H29N3O3. The van der Waals surface area contributed by atoms with Crippen molar-refractivity contribution in [2.75, 3.05) is 27.3 Å². The molecule has 0 radical (unpaired) electrons. The van der Waals surface area contributed by atoms with Crippen molar-refractivity contribution in [3.05, 3.63) is 95.0 Å². The topological polar surface area (TPSA) is 54.0 Å².